The van der Waals surface area contributed by atoms with Crippen molar-refractivity contribution in [1.29, 1.82) is 0 Å². The van der Waals surface area contributed by atoms with Crippen LogP contribution in [0.5, 0.6) is 0 Å². The molecule has 0 unspecified atom stereocenters. The smallest absolute Gasteiger partial charge is 0.258 e. The Labute approximate surface area is 125 Å². The number of hydrogen-bond donors (Lipinski definition) is 1. The first-order valence-corrected chi connectivity index (χ1v) is 8.51. The van der Waals surface area contributed by atoms with E-state index in [2.05, 4.69) is 9.71 Å². The molecule has 0 fully saturated rings. The second kappa shape index (κ2) is 6.29. The largest absolute Gasteiger partial charge is 0.273 e. The number of benzene rings is 1. The number of thiazole rings is 1. The topological polar surface area (TPSA) is 102 Å². The van der Waals surface area contributed by atoms with Gasteiger partial charge in [-0.05, 0) is 6.92 Å². The molecule has 0 spiro atoms. The van der Waals surface area contributed by atoms with Gasteiger partial charge in [-0.2, -0.15) is 0 Å². The van der Waals surface area contributed by atoms with Crippen molar-refractivity contribution >= 4 is 27.0 Å². The molecule has 2 rings (SSSR count). The highest BCUT2D eigenvalue weighted by atomic mass is 32.2. The molecule has 0 aliphatic heterocycles. The van der Waals surface area contributed by atoms with Crippen LogP contribution in [0.1, 0.15) is 16.1 Å². The zero-order valence-corrected chi connectivity index (χ0v) is 12.8. The third-order valence-electron chi connectivity index (χ3n) is 2.83. The van der Waals surface area contributed by atoms with Crippen molar-refractivity contribution in [3.05, 3.63) is 56.0 Å². The van der Waals surface area contributed by atoms with Crippen LogP contribution in [0.2, 0.25) is 0 Å². The number of aryl methyl sites for hydroxylation is 1. The van der Waals surface area contributed by atoms with E-state index >= 15 is 0 Å². The Balaban J connectivity index is 2.11. The highest BCUT2D eigenvalue weighted by molar-refractivity contribution is 7.88. The molecule has 0 saturated carbocycles. The summed E-state index contributed by atoms with van der Waals surface area (Å²) in [6.07, 6.45) is 0. The maximum atomic E-state index is 12.0. The molecule has 0 amide bonds. The molecule has 0 radical (unpaired) electrons. The number of nitro benzene ring substituents is 1. The van der Waals surface area contributed by atoms with Gasteiger partial charge in [-0.25, -0.2) is 18.1 Å². The summed E-state index contributed by atoms with van der Waals surface area (Å²) in [5.41, 5.74) is 2.38. The van der Waals surface area contributed by atoms with Crippen LogP contribution in [0.25, 0.3) is 0 Å². The van der Waals surface area contributed by atoms with Crippen LogP contribution in [-0.4, -0.2) is 18.3 Å². The minimum Gasteiger partial charge on any atom is -0.258 e. The lowest BCUT2D eigenvalue weighted by Crippen LogP contribution is -2.25. The average Bonchev–Trinajstić information content (AvgIpc) is 2.82. The van der Waals surface area contributed by atoms with E-state index in [1.54, 1.807) is 18.5 Å². The van der Waals surface area contributed by atoms with Crippen molar-refractivity contribution in [2.75, 3.05) is 0 Å². The van der Waals surface area contributed by atoms with Gasteiger partial charge in [0.1, 0.15) is 0 Å². The predicted octanol–water partition coefficient (Wildman–Crippen LogP) is 1.98. The lowest BCUT2D eigenvalue weighted by Gasteiger charge is -2.06. The Hall–Kier alpha value is -1.84. The van der Waals surface area contributed by atoms with Gasteiger partial charge in [0.2, 0.25) is 10.0 Å². The van der Waals surface area contributed by atoms with E-state index in [-0.39, 0.29) is 17.8 Å². The predicted molar refractivity (Wildman–Crippen MR) is 79.4 cm³/mol. The number of nitrogens with zero attached hydrogens (tertiary/aromatic N) is 2. The highest BCUT2D eigenvalue weighted by Crippen LogP contribution is 2.20. The average molecular weight is 327 g/mol. The first kappa shape index (κ1) is 15.5. The summed E-state index contributed by atoms with van der Waals surface area (Å²) in [6.45, 7) is 1.93. The van der Waals surface area contributed by atoms with Gasteiger partial charge in [0, 0.05) is 23.1 Å². The zero-order chi connectivity index (χ0) is 15.5. The molecule has 2 aromatic rings. The van der Waals surface area contributed by atoms with E-state index in [1.165, 1.54) is 29.5 Å². The zero-order valence-electron chi connectivity index (χ0n) is 11.1. The van der Waals surface area contributed by atoms with Gasteiger partial charge in [-0.3, -0.25) is 10.1 Å². The Kier molecular flexibility index (Phi) is 4.66. The maximum Gasteiger partial charge on any atom is 0.273 e. The molecule has 0 bridgehead atoms. The van der Waals surface area contributed by atoms with Crippen LogP contribution in [0.15, 0.2) is 29.8 Å². The van der Waals surface area contributed by atoms with Crippen molar-refractivity contribution in [2.24, 2.45) is 0 Å². The minimum absolute atomic E-state index is 0.138. The molecule has 21 heavy (non-hydrogen) atoms. The molecular weight excluding hydrogens is 314 g/mol. The fraction of sp³-hybridized carbons (Fsp3) is 0.250. The van der Waals surface area contributed by atoms with Crippen LogP contribution in [0, 0.1) is 17.0 Å². The molecule has 7 nitrogen and oxygen atoms in total. The molecule has 0 saturated heterocycles. The summed E-state index contributed by atoms with van der Waals surface area (Å²) in [5, 5.41) is 10.9. The minimum atomic E-state index is -3.66. The molecule has 1 aromatic carbocycles. The molecule has 112 valence electrons. The summed E-state index contributed by atoms with van der Waals surface area (Å²) in [5.74, 6) is -0.429. The molecule has 0 atom stereocenters. The van der Waals surface area contributed by atoms with Crippen molar-refractivity contribution in [3.63, 3.8) is 0 Å². The Morgan fingerprint density at radius 2 is 2.10 bits per heavy atom. The Morgan fingerprint density at radius 1 is 1.38 bits per heavy atom. The monoisotopic (exact) mass is 327 g/mol. The number of aromatic nitrogens is 1. The van der Waals surface area contributed by atoms with E-state index < -0.39 is 20.7 Å². The molecule has 0 aliphatic rings. The summed E-state index contributed by atoms with van der Waals surface area (Å²) in [7, 11) is -3.66. The first-order valence-electron chi connectivity index (χ1n) is 5.97. The first-order chi connectivity index (χ1) is 9.89. The van der Waals surface area contributed by atoms with Crippen LogP contribution in [-0.2, 0) is 22.3 Å². The molecule has 1 heterocycles. The van der Waals surface area contributed by atoms with Crippen molar-refractivity contribution in [2.45, 2.75) is 19.2 Å². The number of nitrogens with one attached hydrogen (secondary N) is 1. The van der Waals surface area contributed by atoms with Gasteiger partial charge in [0.05, 0.1) is 21.9 Å². The highest BCUT2D eigenvalue weighted by Gasteiger charge is 2.19. The van der Waals surface area contributed by atoms with Crippen LogP contribution in [0.3, 0.4) is 0 Å². The van der Waals surface area contributed by atoms with E-state index in [1.807, 2.05) is 0 Å². The van der Waals surface area contributed by atoms with Crippen molar-refractivity contribution in [3.8, 4) is 0 Å². The molecule has 0 aliphatic carbocycles. The van der Waals surface area contributed by atoms with Crippen molar-refractivity contribution in [1.82, 2.24) is 9.71 Å². The van der Waals surface area contributed by atoms with E-state index in [0.717, 1.165) is 10.6 Å². The molecule has 1 N–H and O–H groups in total. The summed E-state index contributed by atoms with van der Waals surface area (Å²) < 4.78 is 26.5. The number of hydrogen-bond acceptors (Lipinski definition) is 6. The molecule has 9 heteroatoms. The summed E-state index contributed by atoms with van der Waals surface area (Å²) >= 11 is 1.36. The third-order valence-corrected chi connectivity index (χ3v) is 5.04. The normalized spacial score (nSPS) is 11.5. The second-order valence-electron chi connectivity index (χ2n) is 4.33. The van der Waals surface area contributed by atoms with Gasteiger partial charge < -0.3 is 0 Å². The van der Waals surface area contributed by atoms with E-state index in [4.69, 9.17) is 0 Å². The van der Waals surface area contributed by atoms with Gasteiger partial charge in [0.25, 0.3) is 5.69 Å². The standard InChI is InChI=1S/C12H13N3O4S2/c1-9-12(20-8-13-9)6-14-21(18,19)7-10-4-2-3-5-11(10)15(16)17/h2-5,8,14H,6-7H2,1H3. The molecule has 1 aromatic heterocycles. The summed E-state index contributed by atoms with van der Waals surface area (Å²) in [6, 6.07) is 5.81. The number of rotatable bonds is 6. The quantitative estimate of drug-likeness (QED) is 0.645. The maximum absolute atomic E-state index is 12.0. The lowest BCUT2D eigenvalue weighted by atomic mass is 10.2. The fourth-order valence-corrected chi connectivity index (χ4v) is 3.67. The second-order valence-corrected chi connectivity index (χ2v) is 7.07. The lowest BCUT2D eigenvalue weighted by molar-refractivity contribution is -0.385. The number of para-hydroxylation sites is 1. The van der Waals surface area contributed by atoms with Gasteiger partial charge >= 0.3 is 0 Å². The molecular formula is C12H13N3O4S2. The van der Waals surface area contributed by atoms with Crippen LogP contribution < -0.4 is 4.72 Å². The van der Waals surface area contributed by atoms with Crippen LogP contribution in [0.4, 0.5) is 5.69 Å². The van der Waals surface area contributed by atoms with E-state index in [0.29, 0.717) is 0 Å². The summed E-state index contributed by atoms with van der Waals surface area (Å²) in [4.78, 5) is 15.1. The van der Waals surface area contributed by atoms with Gasteiger partial charge in [-0.1, -0.05) is 18.2 Å². The third kappa shape index (κ3) is 4.06. The fourth-order valence-electron chi connectivity index (χ4n) is 1.74. The number of nitro groups is 1. The Bertz CT molecular complexity index is 755. The van der Waals surface area contributed by atoms with Gasteiger partial charge in [-0.15, -0.1) is 11.3 Å². The Morgan fingerprint density at radius 3 is 2.71 bits per heavy atom. The van der Waals surface area contributed by atoms with Crippen molar-refractivity contribution < 1.29 is 13.3 Å². The van der Waals surface area contributed by atoms with Crippen LogP contribution >= 0.6 is 11.3 Å². The van der Waals surface area contributed by atoms with E-state index in [9.17, 15) is 18.5 Å². The van der Waals surface area contributed by atoms with Gasteiger partial charge in [0.15, 0.2) is 0 Å². The number of sulfonamides is 1. The SMILES string of the molecule is Cc1ncsc1CNS(=O)(=O)Cc1ccccc1[N+](=O)[O-].